The summed E-state index contributed by atoms with van der Waals surface area (Å²) < 4.78 is 24.7. The molecule has 0 atom stereocenters. The van der Waals surface area contributed by atoms with Gasteiger partial charge in [0.15, 0.2) is 5.82 Å². The monoisotopic (exact) mass is 371 g/mol. The Morgan fingerprint density at radius 2 is 1.78 bits per heavy atom. The summed E-state index contributed by atoms with van der Waals surface area (Å²) in [6, 6.07) is 9.03. The summed E-state index contributed by atoms with van der Waals surface area (Å²) in [6.45, 7) is 0.819. The van der Waals surface area contributed by atoms with Crippen LogP contribution in [-0.4, -0.2) is 24.1 Å². The number of halogens is 1. The van der Waals surface area contributed by atoms with Crippen LogP contribution in [0.2, 0.25) is 0 Å². The summed E-state index contributed by atoms with van der Waals surface area (Å²) in [5.74, 6) is -0.706. The number of methoxy groups -OCH3 is 2. The second-order valence-electron chi connectivity index (χ2n) is 5.91. The number of rotatable bonds is 7. The van der Waals surface area contributed by atoms with Gasteiger partial charge in [0.25, 0.3) is 5.69 Å². The lowest BCUT2D eigenvalue weighted by Gasteiger charge is -2.14. The fourth-order valence-electron chi connectivity index (χ4n) is 2.83. The number of aromatic nitrogens is 1. The lowest BCUT2D eigenvalue weighted by atomic mass is 10.0. The summed E-state index contributed by atoms with van der Waals surface area (Å²) in [5.41, 5.74) is 3.08. The van der Waals surface area contributed by atoms with Gasteiger partial charge in [0.2, 0.25) is 0 Å². The van der Waals surface area contributed by atoms with Crippen LogP contribution in [-0.2, 0) is 22.7 Å². The minimum atomic E-state index is -0.706. The van der Waals surface area contributed by atoms with Gasteiger partial charge in [0.1, 0.15) is 0 Å². The number of fused-ring (bicyclic) bond motifs is 1. The molecule has 0 saturated heterocycles. The first-order chi connectivity index (χ1) is 13.0. The first kappa shape index (κ1) is 18.7. The highest BCUT2D eigenvalue weighted by Gasteiger charge is 2.13. The van der Waals surface area contributed by atoms with Crippen LogP contribution in [0.4, 0.5) is 21.5 Å². The molecule has 0 unspecified atom stereocenters. The molecule has 0 fully saturated rings. The number of nitrogens with one attached hydrogen (secondary N) is 1. The van der Waals surface area contributed by atoms with Crippen LogP contribution in [0.3, 0.4) is 0 Å². The molecule has 140 valence electrons. The second kappa shape index (κ2) is 8.07. The Kier molecular flexibility index (Phi) is 5.58. The number of benzene rings is 2. The summed E-state index contributed by atoms with van der Waals surface area (Å²) in [4.78, 5) is 14.5. The van der Waals surface area contributed by atoms with Crippen LogP contribution in [0.1, 0.15) is 11.1 Å². The van der Waals surface area contributed by atoms with Crippen LogP contribution in [0.15, 0.2) is 42.6 Å². The van der Waals surface area contributed by atoms with Gasteiger partial charge in [-0.15, -0.1) is 0 Å². The minimum Gasteiger partial charge on any atom is -0.380 e. The molecule has 0 radical (unpaired) electrons. The summed E-state index contributed by atoms with van der Waals surface area (Å²) in [6.07, 6.45) is 1.61. The van der Waals surface area contributed by atoms with Crippen molar-refractivity contribution in [1.82, 2.24) is 4.98 Å². The molecule has 3 aromatic rings. The van der Waals surface area contributed by atoms with E-state index in [9.17, 15) is 14.5 Å². The Bertz CT molecular complexity index is 994. The summed E-state index contributed by atoms with van der Waals surface area (Å²) >= 11 is 0. The number of nitro benzene ring substituents is 1. The molecule has 0 aliphatic rings. The third kappa shape index (κ3) is 4.02. The molecule has 2 aromatic carbocycles. The largest absolute Gasteiger partial charge is 0.380 e. The molecule has 8 heteroatoms. The molecule has 1 heterocycles. The van der Waals surface area contributed by atoms with Crippen LogP contribution in [0.5, 0.6) is 0 Å². The molecule has 0 saturated carbocycles. The number of ether oxygens (including phenoxy) is 2. The molecule has 27 heavy (non-hydrogen) atoms. The molecular weight excluding hydrogens is 353 g/mol. The van der Waals surface area contributed by atoms with Gasteiger partial charge in [-0.25, -0.2) is 4.39 Å². The van der Waals surface area contributed by atoms with E-state index < -0.39 is 10.7 Å². The molecule has 0 aliphatic heterocycles. The SMILES string of the molecule is COCc1cc2nccc(Nc3ccc([N+](=O)[O-])cc3F)c2cc1COC. The number of hydrogen-bond acceptors (Lipinski definition) is 6. The van der Waals surface area contributed by atoms with E-state index >= 15 is 0 Å². The zero-order valence-electron chi connectivity index (χ0n) is 14.9. The summed E-state index contributed by atoms with van der Waals surface area (Å²) in [5, 5.41) is 14.5. The van der Waals surface area contributed by atoms with Gasteiger partial charge in [0.05, 0.1) is 35.4 Å². The maximum Gasteiger partial charge on any atom is 0.272 e. The van der Waals surface area contributed by atoms with Crippen molar-refractivity contribution in [2.75, 3.05) is 19.5 Å². The van der Waals surface area contributed by atoms with Gasteiger partial charge in [-0.2, -0.15) is 0 Å². The molecular formula is C19H18FN3O4. The lowest BCUT2D eigenvalue weighted by molar-refractivity contribution is -0.385. The topological polar surface area (TPSA) is 86.5 Å². The van der Waals surface area contributed by atoms with Gasteiger partial charge < -0.3 is 14.8 Å². The standard InChI is InChI=1S/C19H18FN3O4/c1-26-10-12-7-15-17(5-6-21-19(15)8-13(12)11-27-2)22-18-4-3-14(23(24)25)9-16(18)20/h3-9H,10-11H2,1-2H3,(H,21,22). The van der Waals surface area contributed by atoms with E-state index in [2.05, 4.69) is 10.3 Å². The van der Waals surface area contributed by atoms with E-state index in [0.717, 1.165) is 22.6 Å². The van der Waals surface area contributed by atoms with E-state index in [1.807, 2.05) is 12.1 Å². The Labute approximate surface area is 154 Å². The van der Waals surface area contributed by atoms with Crippen LogP contribution < -0.4 is 5.32 Å². The van der Waals surface area contributed by atoms with Crippen LogP contribution in [0.25, 0.3) is 10.9 Å². The highest BCUT2D eigenvalue weighted by molar-refractivity contribution is 5.93. The van der Waals surface area contributed by atoms with E-state index in [0.29, 0.717) is 24.4 Å². The lowest BCUT2D eigenvalue weighted by Crippen LogP contribution is -2.01. The number of pyridine rings is 1. The predicted molar refractivity (Wildman–Crippen MR) is 99.5 cm³/mol. The fraction of sp³-hybridized carbons (Fsp3) is 0.211. The van der Waals surface area contributed by atoms with Gasteiger partial charge in [-0.1, -0.05) is 0 Å². The van der Waals surface area contributed by atoms with Crippen molar-refractivity contribution in [2.45, 2.75) is 13.2 Å². The van der Waals surface area contributed by atoms with Crippen molar-refractivity contribution in [2.24, 2.45) is 0 Å². The van der Waals surface area contributed by atoms with Crippen molar-refractivity contribution in [3.8, 4) is 0 Å². The molecule has 0 amide bonds. The first-order valence-electron chi connectivity index (χ1n) is 8.13. The van der Waals surface area contributed by atoms with Crippen molar-refractivity contribution in [3.05, 3.63) is 69.7 Å². The Morgan fingerprint density at radius 3 is 2.41 bits per heavy atom. The Hall–Kier alpha value is -3.10. The zero-order valence-corrected chi connectivity index (χ0v) is 14.9. The Morgan fingerprint density at radius 1 is 1.07 bits per heavy atom. The van der Waals surface area contributed by atoms with E-state index in [4.69, 9.17) is 9.47 Å². The van der Waals surface area contributed by atoms with Gasteiger partial charge in [0, 0.05) is 37.6 Å². The van der Waals surface area contributed by atoms with Gasteiger partial charge in [-0.3, -0.25) is 15.1 Å². The maximum absolute atomic E-state index is 14.2. The van der Waals surface area contributed by atoms with Crippen molar-refractivity contribution in [3.63, 3.8) is 0 Å². The molecule has 3 rings (SSSR count). The van der Waals surface area contributed by atoms with E-state index in [1.54, 1.807) is 26.5 Å². The first-order valence-corrected chi connectivity index (χ1v) is 8.13. The third-order valence-electron chi connectivity index (χ3n) is 4.10. The molecule has 1 aromatic heterocycles. The highest BCUT2D eigenvalue weighted by atomic mass is 19.1. The number of non-ortho nitro benzene ring substituents is 1. The fourth-order valence-corrected chi connectivity index (χ4v) is 2.83. The molecule has 0 aliphatic carbocycles. The molecule has 7 nitrogen and oxygen atoms in total. The quantitative estimate of drug-likeness (QED) is 0.492. The van der Waals surface area contributed by atoms with E-state index in [-0.39, 0.29) is 11.4 Å². The predicted octanol–water partition coefficient (Wildman–Crippen LogP) is 4.32. The molecule has 0 spiro atoms. The zero-order chi connectivity index (χ0) is 19.4. The van der Waals surface area contributed by atoms with Crippen molar-refractivity contribution in [1.29, 1.82) is 0 Å². The molecule has 1 N–H and O–H groups in total. The molecule has 0 bridgehead atoms. The van der Waals surface area contributed by atoms with Crippen molar-refractivity contribution >= 4 is 28.0 Å². The van der Waals surface area contributed by atoms with Gasteiger partial charge in [-0.05, 0) is 35.4 Å². The van der Waals surface area contributed by atoms with Crippen LogP contribution >= 0.6 is 0 Å². The second-order valence-corrected chi connectivity index (χ2v) is 5.91. The number of anilines is 2. The smallest absolute Gasteiger partial charge is 0.272 e. The highest BCUT2D eigenvalue weighted by Crippen LogP contribution is 2.30. The average Bonchev–Trinajstić information content (AvgIpc) is 2.64. The van der Waals surface area contributed by atoms with Crippen molar-refractivity contribution < 1.29 is 18.8 Å². The maximum atomic E-state index is 14.2. The van der Waals surface area contributed by atoms with Gasteiger partial charge >= 0.3 is 0 Å². The van der Waals surface area contributed by atoms with Crippen LogP contribution in [0, 0.1) is 15.9 Å². The van der Waals surface area contributed by atoms with E-state index in [1.165, 1.54) is 12.1 Å². The Balaban J connectivity index is 2.04. The minimum absolute atomic E-state index is 0.141. The normalized spacial score (nSPS) is 10.9. The summed E-state index contributed by atoms with van der Waals surface area (Å²) in [7, 11) is 3.22. The number of hydrogen-bond donors (Lipinski definition) is 1. The third-order valence-corrected chi connectivity index (χ3v) is 4.10. The average molecular weight is 371 g/mol. The number of nitro groups is 1. The number of nitrogens with zero attached hydrogens (tertiary/aromatic N) is 2.